The fourth-order valence-electron chi connectivity index (χ4n) is 0.413. The van der Waals surface area contributed by atoms with E-state index < -0.39 is 7.82 Å². The van der Waals surface area contributed by atoms with Crippen LogP contribution >= 0.6 is 7.82 Å². The maximum atomic E-state index is 8.55. The second-order valence-electron chi connectivity index (χ2n) is 2.14. The number of phosphoric acid groups is 1. The first-order valence-corrected chi connectivity index (χ1v) is 5.29. The van der Waals surface area contributed by atoms with Crippen LogP contribution in [-0.2, 0) is 9.30 Å². The van der Waals surface area contributed by atoms with E-state index in [0.717, 1.165) is 19.4 Å². The summed E-state index contributed by atoms with van der Waals surface area (Å²) in [5.74, 6) is 0. The van der Waals surface area contributed by atoms with Gasteiger partial charge in [0.25, 0.3) is 0 Å². The van der Waals surface area contributed by atoms with Crippen molar-refractivity contribution in [2.75, 3.05) is 19.8 Å². The summed E-state index contributed by atoms with van der Waals surface area (Å²) in [5, 5.41) is 8.24. The van der Waals surface area contributed by atoms with Crippen LogP contribution in [0, 0.1) is 0 Å². The fourth-order valence-corrected chi connectivity index (χ4v) is 0.413. The van der Waals surface area contributed by atoms with E-state index in [-0.39, 0.29) is 95.3 Å². The van der Waals surface area contributed by atoms with E-state index in [4.69, 9.17) is 29.1 Å². The summed E-state index contributed by atoms with van der Waals surface area (Å²) < 4.78 is 13.5. The minimum Gasteiger partial charge on any atom is -0.822 e. The second-order valence-corrected chi connectivity index (χ2v) is 3.03. The third-order valence-electron chi connectivity index (χ3n) is 0.878. The van der Waals surface area contributed by atoms with Gasteiger partial charge >= 0.3 is 88.7 Å². The first kappa shape index (κ1) is 31.4. The molecule has 10 heteroatoms. The summed E-state index contributed by atoms with van der Waals surface area (Å²) in [6.45, 7) is 3.53. The van der Waals surface area contributed by atoms with Gasteiger partial charge in [-0.1, -0.05) is 13.3 Å². The molecule has 0 rings (SSSR count). The number of aliphatic hydroxyl groups excluding tert-OH is 1. The van der Waals surface area contributed by atoms with Gasteiger partial charge < -0.3 is 29.1 Å². The van der Waals surface area contributed by atoms with Crippen molar-refractivity contribution >= 4 is 7.82 Å². The van der Waals surface area contributed by atoms with Crippen molar-refractivity contribution in [2.45, 2.75) is 19.8 Å². The number of unbranched alkanes of at least 4 members (excludes halogenated alkanes) is 1. The Morgan fingerprint density at radius 2 is 1.50 bits per heavy atom. The van der Waals surface area contributed by atoms with Gasteiger partial charge in [-0.3, -0.25) is 0 Å². The fraction of sp³-hybridized carbons (Fsp3) is 1.00. The molecule has 0 aliphatic carbocycles. The molecule has 0 spiro atoms. The van der Waals surface area contributed by atoms with Gasteiger partial charge in [0.15, 0.2) is 0 Å². The van der Waals surface area contributed by atoms with E-state index in [2.05, 4.69) is 6.92 Å². The predicted molar refractivity (Wildman–Crippen MR) is 40.4 cm³/mol. The monoisotopic (exact) mass is 282 g/mol. The van der Waals surface area contributed by atoms with Gasteiger partial charge in [-0.25, -0.2) is 0 Å². The number of ether oxygens (including phenoxy) is 1. The van der Waals surface area contributed by atoms with Crippen molar-refractivity contribution in [3.8, 4) is 0 Å². The van der Waals surface area contributed by atoms with Crippen LogP contribution in [-0.4, -0.2) is 24.9 Å². The van der Waals surface area contributed by atoms with Crippen molar-refractivity contribution in [3.05, 3.63) is 0 Å². The van der Waals surface area contributed by atoms with Crippen LogP contribution in [0.1, 0.15) is 19.8 Å². The van der Waals surface area contributed by atoms with Gasteiger partial charge in [0.1, 0.15) is 0 Å². The summed E-state index contributed by atoms with van der Waals surface area (Å²) in [6, 6.07) is 0. The van der Waals surface area contributed by atoms with Crippen molar-refractivity contribution < 1.29 is 118 Å². The number of hydrogen-bond acceptors (Lipinski definition) is 6. The molecule has 0 aliphatic rings. The quantitative estimate of drug-likeness (QED) is 0.304. The Kier molecular flexibility index (Phi) is 45.5. The molecular weight excluding hydrogens is 268 g/mol. The Balaban J connectivity index is -0.0000000454. The summed E-state index contributed by atoms with van der Waals surface area (Å²) in [7, 11) is -5.39. The van der Waals surface area contributed by atoms with Gasteiger partial charge in [0.2, 0.25) is 0 Å². The molecule has 0 saturated carbocycles. The smallest absolute Gasteiger partial charge is 0.822 e. The Hall–Kier alpha value is 3.03. The predicted octanol–water partition coefficient (Wildman–Crippen LogP) is -11.0. The minimum absolute atomic E-state index is 0. The topological polar surface area (TPSA) is 116 Å². The van der Waals surface area contributed by atoms with Crippen molar-refractivity contribution in [3.63, 3.8) is 0 Å². The molecular formula is C6H14Na3O6P. The maximum absolute atomic E-state index is 8.55. The van der Waals surface area contributed by atoms with Crippen molar-refractivity contribution in [1.29, 1.82) is 0 Å². The van der Waals surface area contributed by atoms with Gasteiger partial charge in [0.05, 0.1) is 13.2 Å². The van der Waals surface area contributed by atoms with Gasteiger partial charge in [0, 0.05) is 6.61 Å². The van der Waals surface area contributed by atoms with Crippen LogP contribution in [0.3, 0.4) is 0 Å². The Morgan fingerprint density at radius 1 is 1.12 bits per heavy atom. The number of rotatable bonds is 5. The number of aliphatic hydroxyl groups is 1. The van der Waals surface area contributed by atoms with Crippen molar-refractivity contribution in [2.24, 2.45) is 0 Å². The molecule has 0 aromatic carbocycles. The van der Waals surface area contributed by atoms with Crippen LogP contribution in [0.5, 0.6) is 0 Å². The minimum atomic E-state index is -5.39. The average Bonchev–Trinajstić information content (AvgIpc) is 1.95. The van der Waals surface area contributed by atoms with E-state index in [1.807, 2.05) is 0 Å². The molecule has 0 fully saturated rings. The molecule has 0 aromatic heterocycles. The first-order valence-electron chi connectivity index (χ1n) is 3.83. The average molecular weight is 282 g/mol. The summed E-state index contributed by atoms with van der Waals surface area (Å²) in [4.78, 5) is 25.6. The molecule has 16 heavy (non-hydrogen) atoms. The van der Waals surface area contributed by atoms with E-state index in [1.165, 1.54) is 0 Å². The largest absolute Gasteiger partial charge is 1.00 e. The SMILES string of the molecule is CCCCOCCO.O=P([O-])([O-])[O-].[Na+].[Na+].[Na+]. The summed E-state index contributed by atoms with van der Waals surface area (Å²) in [6.07, 6.45) is 2.26. The molecule has 0 atom stereocenters. The molecule has 0 heterocycles. The van der Waals surface area contributed by atoms with Crippen LogP contribution in [0.15, 0.2) is 0 Å². The molecule has 0 radical (unpaired) electrons. The van der Waals surface area contributed by atoms with E-state index in [0.29, 0.717) is 6.61 Å². The van der Waals surface area contributed by atoms with Crippen LogP contribution in [0.4, 0.5) is 0 Å². The molecule has 0 unspecified atom stereocenters. The first-order chi connectivity index (χ1) is 5.91. The number of hydrogen-bond donors (Lipinski definition) is 1. The van der Waals surface area contributed by atoms with Crippen LogP contribution < -0.4 is 103 Å². The van der Waals surface area contributed by atoms with E-state index in [1.54, 1.807) is 0 Å². The van der Waals surface area contributed by atoms with E-state index >= 15 is 0 Å². The molecule has 0 bridgehead atoms. The second kappa shape index (κ2) is 23.1. The maximum Gasteiger partial charge on any atom is 1.00 e. The molecule has 0 aliphatic heterocycles. The van der Waals surface area contributed by atoms with Gasteiger partial charge in [-0.05, 0) is 6.42 Å². The standard InChI is InChI=1S/C6H14O2.3Na.H3O4P/c1-2-3-5-8-6-4-7;;;;1-5(2,3)4/h7H,2-6H2,1H3;;;;(H3,1,2,3,4)/q;3*+1;/p-3. The Bertz CT molecular complexity index is 130. The Labute approximate surface area is 163 Å². The van der Waals surface area contributed by atoms with Crippen molar-refractivity contribution in [1.82, 2.24) is 0 Å². The van der Waals surface area contributed by atoms with Gasteiger partial charge in [-0.15, -0.1) is 0 Å². The normalized spacial score (nSPS) is 8.56. The summed E-state index contributed by atoms with van der Waals surface area (Å²) in [5.41, 5.74) is 0. The molecule has 82 valence electrons. The molecule has 6 nitrogen and oxygen atoms in total. The van der Waals surface area contributed by atoms with Crippen LogP contribution in [0.25, 0.3) is 0 Å². The molecule has 1 N–H and O–H groups in total. The molecule has 0 amide bonds. The zero-order valence-corrected chi connectivity index (χ0v) is 17.4. The molecule has 0 aromatic rings. The van der Waals surface area contributed by atoms with Gasteiger partial charge in [-0.2, -0.15) is 7.82 Å². The summed E-state index contributed by atoms with van der Waals surface area (Å²) >= 11 is 0. The molecule has 0 saturated heterocycles. The van der Waals surface area contributed by atoms with Crippen LogP contribution in [0.2, 0.25) is 0 Å². The van der Waals surface area contributed by atoms with E-state index in [9.17, 15) is 0 Å². The Morgan fingerprint density at radius 3 is 1.75 bits per heavy atom. The third kappa shape index (κ3) is 67.9. The zero-order valence-electron chi connectivity index (χ0n) is 10.5. The zero-order chi connectivity index (χ0) is 10.7. The third-order valence-corrected chi connectivity index (χ3v) is 0.878.